The maximum atomic E-state index is 12.0. The Kier molecular flexibility index (Phi) is 5.78. The zero-order valence-corrected chi connectivity index (χ0v) is 14.5. The Morgan fingerprint density at radius 1 is 1.32 bits per heavy atom. The fourth-order valence-corrected chi connectivity index (χ4v) is 2.89. The molecule has 1 unspecified atom stereocenters. The lowest BCUT2D eigenvalue weighted by Crippen LogP contribution is -2.35. The van der Waals surface area contributed by atoms with Gasteiger partial charge in [0.2, 0.25) is 11.8 Å². The minimum absolute atomic E-state index is 0.0129. The molecule has 3 rings (SSSR count). The van der Waals surface area contributed by atoms with Crippen molar-refractivity contribution >= 4 is 17.7 Å². The van der Waals surface area contributed by atoms with Crippen molar-refractivity contribution in [3.8, 4) is 11.5 Å². The Morgan fingerprint density at radius 3 is 2.92 bits per heavy atom. The highest BCUT2D eigenvalue weighted by Crippen LogP contribution is 2.22. The zero-order valence-electron chi connectivity index (χ0n) is 13.7. The van der Waals surface area contributed by atoms with Crippen LogP contribution >= 0.6 is 11.8 Å². The van der Waals surface area contributed by atoms with Gasteiger partial charge in [-0.1, -0.05) is 11.8 Å². The van der Waals surface area contributed by atoms with E-state index in [4.69, 9.17) is 4.42 Å². The SMILES string of the molecule is CC(Cn1cccn1)NC(=O)CCSc1nnc(-c2ccncc2)o1. The first-order chi connectivity index (χ1) is 12.2. The third kappa shape index (κ3) is 5.15. The molecule has 3 heterocycles. The summed E-state index contributed by atoms with van der Waals surface area (Å²) in [5, 5.41) is 15.5. The summed E-state index contributed by atoms with van der Waals surface area (Å²) in [5.41, 5.74) is 0.819. The molecule has 0 radical (unpaired) electrons. The summed E-state index contributed by atoms with van der Waals surface area (Å²) in [6.45, 7) is 2.59. The Morgan fingerprint density at radius 2 is 2.16 bits per heavy atom. The van der Waals surface area contributed by atoms with Crippen molar-refractivity contribution in [3.05, 3.63) is 43.0 Å². The van der Waals surface area contributed by atoms with Crippen LogP contribution < -0.4 is 5.32 Å². The molecule has 0 aromatic carbocycles. The second-order valence-corrected chi connectivity index (χ2v) is 6.45. The summed E-state index contributed by atoms with van der Waals surface area (Å²) in [7, 11) is 0. The van der Waals surface area contributed by atoms with E-state index in [1.165, 1.54) is 11.8 Å². The van der Waals surface area contributed by atoms with Gasteiger partial charge in [-0.3, -0.25) is 14.5 Å². The number of hydrogen-bond donors (Lipinski definition) is 1. The van der Waals surface area contributed by atoms with E-state index in [1.807, 2.05) is 19.2 Å². The molecule has 0 saturated heterocycles. The largest absolute Gasteiger partial charge is 0.411 e. The monoisotopic (exact) mass is 358 g/mol. The first-order valence-corrected chi connectivity index (χ1v) is 8.83. The van der Waals surface area contributed by atoms with E-state index in [1.54, 1.807) is 35.4 Å². The average molecular weight is 358 g/mol. The summed E-state index contributed by atoms with van der Waals surface area (Å²) in [6.07, 6.45) is 7.30. The highest BCUT2D eigenvalue weighted by atomic mass is 32.2. The van der Waals surface area contributed by atoms with Crippen LogP contribution in [0.1, 0.15) is 13.3 Å². The van der Waals surface area contributed by atoms with Gasteiger partial charge in [0.1, 0.15) is 0 Å². The molecule has 3 aromatic rings. The van der Waals surface area contributed by atoms with E-state index in [9.17, 15) is 4.79 Å². The number of aromatic nitrogens is 5. The van der Waals surface area contributed by atoms with E-state index < -0.39 is 0 Å². The molecule has 0 aliphatic rings. The van der Waals surface area contributed by atoms with Crippen molar-refractivity contribution in [2.75, 3.05) is 5.75 Å². The lowest BCUT2D eigenvalue weighted by molar-refractivity contribution is -0.121. The molecule has 25 heavy (non-hydrogen) atoms. The number of nitrogens with zero attached hydrogens (tertiary/aromatic N) is 5. The lowest BCUT2D eigenvalue weighted by Gasteiger charge is -2.13. The molecule has 0 spiro atoms. The highest BCUT2D eigenvalue weighted by molar-refractivity contribution is 7.99. The second kappa shape index (κ2) is 8.43. The molecule has 0 bridgehead atoms. The molecule has 8 nitrogen and oxygen atoms in total. The number of thioether (sulfide) groups is 1. The minimum atomic E-state index is -0.0129. The van der Waals surface area contributed by atoms with Gasteiger partial charge < -0.3 is 9.73 Å². The Balaban J connectivity index is 1.40. The maximum Gasteiger partial charge on any atom is 0.276 e. The molecule has 0 aliphatic heterocycles. The summed E-state index contributed by atoms with van der Waals surface area (Å²) >= 11 is 1.36. The van der Waals surface area contributed by atoms with E-state index in [2.05, 4.69) is 25.6 Å². The highest BCUT2D eigenvalue weighted by Gasteiger charge is 2.11. The van der Waals surface area contributed by atoms with E-state index in [-0.39, 0.29) is 11.9 Å². The standard InChI is InChI=1S/C16H18N6O2S/c1-12(11-22-9-2-6-18-22)19-14(23)5-10-25-16-21-20-15(24-16)13-3-7-17-8-4-13/h2-4,6-9,12H,5,10-11H2,1H3,(H,19,23). The molecule has 0 aliphatic carbocycles. The second-order valence-electron chi connectivity index (χ2n) is 5.40. The normalized spacial score (nSPS) is 12.0. The number of rotatable bonds is 8. The van der Waals surface area contributed by atoms with Crippen molar-refractivity contribution in [2.45, 2.75) is 31.2 Å². The predicted molar refractivity (Wildman–Crippen MR) is 92.7 cm³/mol. The number of nitrogens with one attached hydrogen (secondary N) is 1. The van der Waals surface area contributed by atoms with Crippen molar-refractivity contribution in [2.24, 2.45) is 0 Å². The van der Waals surface area contributed by atoms with E-state index in [0.717, 1.165) is 5.56 Å². The van der Waals surface area contributed by atoms with Crippen molar-refractivity contribution in [1.82, 2.24) is 30.3 Å². The Labute approximate surface area is 149 Å². The third-order valence-electron chi connectivity index (χ3n) is 3.32. The molecule has 1 N–H and O–H groups in total. The molecule has 1 amide bonds. The summed E-state index contributed by atoms with van der Waals surface area (Å²) in [6, 6.07) is 5.47. The number of carbonyl (C=O) groups is 1. The molecule has 0 fully saturated rings. The van der Waals surface area contributed by atoms with Crippen LogP contribution in [0.15, 0.2) is 52.6 Å². The molecule has 1 atom stereocenters. The van der Waals surface area contributed by atoms with E-state index >= 15 is 0 Å². The van der Waals surface area contributed by atoms with Gasteiger partial charge in [-0.2, -0.15) is 5.10 Å². The summed E-state index contributed by atoms with van der Waals surface area (Å²) in [5.74, 6) is 1.00. The third-order valence-corrected chi connectivity index (χ3v) is 4.14. The molecule has 0 saturated carbocycles. The molecular formula is C16H18N6O2S. The van der Waals surface area contributed by atoms with Gasteiger partial charge in [0.25, 0.3) is 5.22 Å². The summed E-state index contributed by atoms with van der Waals surface area (Å²) < 4.78 is 7.36. The maximum absolute atomic E-state index is 12.0. The van der Waals surface area contributed by atoms with Crippen LogP contribution in [0.25, 0.3) is 11.5 Å². The molecule has 9 heteroatoms. The van der Waals surface area contributed by atoms with Crippen molar-refractivity contribution < 1.29 is 9.21 Å². The van der Waals surface area contributed by atoms with Crippen LogP contribution in [-0.4, -0.2) is 42.7 Å². The predicted octanol–water partition coefficient (Wildman–Crippen LogP) is 2.02. The number of carbonyl (C=O) groups excluding carboxylic acids is 1. The molecule has 3 aromatic heterocycles. The van der Waals surface area contributed by atoms with Gasteiger partial charge in [-0.15, -0.1) is 10.2 Å². The number of hydrogen-bond acceptors (Lipinski definition) is 7. The van der Waals surface area contributed by atoms with Crippen LogP contribution in [0.2, 0.25) is 0 Å². The van der Waals surface area contributed by atoms with Crippen LogP contribution in [-0.2, 0) is 11.3 Å². The number of pyridine rings is 1. The fourth-order valence-electron chi connectivity index (χ4n) is 2.19. The van der Waals surface area contributed by atoms with Crippen LogP contribution in [0.3, 0.4) is 0 Å². The van der Waals surface area contributed by atoms with Crippen LogP contribution in [0.4, 0.5) is 0 Å². The van der Waals surface area contributed by atoms with Crippen molar-refractivity contribution in [3.63, 3.8) is 0 Å². The Hall–Kier alpha value is -2.68. The van der Waals surface area contributed by atoms with Crippen LogP contribution in [0, 0.1) is 0 Å². The molecular weight excluding hydrogens is 340 g/mol. The first kappa shape index (κ1) is 17.2. The first-order valence-electron chi connectivity index (χ1n) is 7.84. The van der Waals surface area contributed by atoms with Gasteiger partial charge >= 0.3 is 0 Å². The van der Waals surface area contributed by atoms with Crippen LogP contribution in [0.5, 0.6) is 0 Å². The quantitative estimate of drug-likeness (QED) is 0.615. The topological polar surface area (TPSA) is 98.7 Å². The van der Waals surface area contributed by atoms with Gasteiger partial charge in [-0.25, -0.2) is 0 Å². The van der Waals surface area contributed by atoms with Gasteiger partial charge in [-0.05, 0) is 25.1 Å². The van der Waals surface area contributed by atoms with Crippen molar-refractivity contribution in [1.29, 1.82) is 0 Å². The average Bonchev–Trinajstić information content (AvgIpc) is 3.27. The Bertz CT molecular complexity index is 790. The zero-order chi connectivity index (χ0) is 17.5. The lowest BCUT2D eigenvalue weighted by atomic mass is 10.3. The minimum Gasteiger partial charge on any atom is -0.411 e. The fraction of sp³-hybridized carbons (Fsp3) is 0.312. The van der Waals surface area contributed by atoms with Gasteiger partial charge in [0.15, 0.2) is 0 Å². The molecule has 130 valence electrons. The van der Waals surface area contributed by atoms with Gasteiger partial charge in [0, 0.05) is 48.6 Å². The smallest absolute Gasteiger partial charge is 0.276 e. The summed E-state index contributed by atoms with van der Waals surface area (Å²) in [4.78, 5) is 15.9. The van der Waals surface area contributed by atoms with E-state index in [0.29, 0.717) is 29.8 Å². The van der Waals surface area contributed by atoms with Gasteiger partial charge in [0.05, 0.1) is 6.54 Å². The number of amides is 1.